The minimum atomic E-state index is -0.162. The van der Waals surface area contributed by atoms with Crippen LogP contribution < -0.4 is 5.73 Å². The first-order chi connectivity index (χ1) is 7.18. The fourth-order valence-electron chi connectivity index (χ4n) is 1.44. The summed E-state index contributed by atoms with van der Waals surface area (Å²) in [7, 11) is 0. The number of aromatic nitrogens is 1. The van der Waals surface area contributed by atoms with Crippen molar-refractivity contribution in [3.63, 3.8) is 0 Å². The van der Waals surface area contributed by atoms with E-state index < -0.39 is 0 Å². The molecule has 15 heavy (non-hydrogen) atoms. The van der Waals surface area contributed by atoms with Gasteiger partial charge in [0.05, 0.1) is 11.1 Å². The van der Waals surface area contributed by atoms with Crippen LogP contribution in [0.5, 0.6) is 0 Å². The van der Waals surface area contributed by atoms with Crippen molar-refractivity contribution in [1.29, 1.82) is 0 Å². The maximum absolute atomic E-state index is 6.12. The normalized spacial score (nSPS) is 12.7. The molecule has 4 heteroatoms. The second kappa shape index (κ2) is 4.31. The standard InChI is InChI=1S/C11H11ClN2S/c1-7-4-8(6-15-7)11(13)9-2-3-14-5-10(9)12/h2-6,11H,13H2,1H3. The Kier molecular flexibility index (Phi) is 3.05. The zero-order valence-corrected chi connectivity index (χ0v) is 9.85. The first-order valence-electron chi connectivity index (χ1n) is 4.58. The Hall–Kier alpha value is -0.900. The van der Waals surface area contributed by atoms with E-state index in [0.29, 0.717) is 5.02 Å². The first kappa shape index (κ1) is 10.6. The number of nitrogens with zero attached hydrogens (tertiary/aromatic N) is 1. The molecule has 2 nitrogen and oxygen atoms in total. The molecule has 0 saturated carbocycles. The van der Waals surface area contributed by atoms with E-state index in [1.807, 2.05) is 6.07 Å². The molecule has 1 atom stereocenters. The highest BCUT2D eigenvalue weighted by Crippen LogP contribution is 2.28. The Morgan fingerprint density at radius 1 is 1.53 bits per heavy atom. The van der Waals surface area contributed by atoms with Gasteiger partial charge >= 0.3 is 0 Å². The fraction of sp³-hybridized carbons (Fsp3) is 0.182. The topological polar surface area (TPSA) is 38.9 Å². The van der Waals surface area contributed by atoms with Gasteiger partial charge in [-0.1, -0.05) is 11.6 Å². The van der Waals surface area contributed by atoms with Gasteiger partial charge in [0, 0.05) is 17.3 Å². The van der Waals surface area contributed by atoms with E-state index in [-0.39, 0.29) is 6.04 Å². The quantitative estimate of drug-likeness (QED) is 0.873. The van der Waals surface area contributed by atoms with E-state index in [1.165, 1.54) is 4.88 Å². The molecule has 2 aromatic heterocycles. The molecule has 0 amide bonds. The van der Waals surface area contributed by atoms with Gasteiger partial charge in [-0.15, -0.1) is 11.3 Å². The zero-order chi connectivity index (χ0) is 10.8. The van der Waals surface area contributed by atoms with E-state index in [1.54, 1.807) is 23.7 Å². The number of hydrogen-bond donors (Lipinski definition) is 1. The van der Waals surface area contributed by atoms with Crippen molar-refractivity contribution < 1.29 is 0 Å². The van der Waals surface area contributed by atoms with Crippen molar-refractivity contribution in [3.8, 4) is 0 Å². The van der Waals surface area contributed by atoms with Crippen LogP contribution in [0.4, 0.5) is 0 Å². The van der Waals surface area contributed by atoms with E-state index in [4.69, 9.17) is 17.3 Å². The highest BCUT2D eigenvalue weighted by atomic mass is 35.5. The lowest BCUT2D eigenvalue weighted by Crippen LogP contribution is -2.11. The van der Waals surface area contributed by atoms with Gasteiger partial charge in [0.1, 0.15) is 0 Å². The minimum Gasteiger partial charge on any atom is -0.320 e. The average molecular weight is 239 g/mol. The van der Waals surface area contributed by atoms with E-state index >= 15 is 0 Å². The van der Waals surface area contributed by atoms with E-state index in [2.05, 4.69) is 23.4 Å². The summed E-state index contributed by atoms with van der Waals surface area (Å²) >= 11 is 7.73. The lowest BCUT2D eigenvalue weighted by Gasteiger charge is -2.11. The van der Waals surface area contributed by atoms with Crippen LogP contribution in [0.25, 0.3) is 0 Å². The number of aryl methyl sites for hydroxylation is 1. The molecule has 0 radical (unpaired) electrons. The van der Waals surface area contributed by atoms with Gasteiger partial charge in [-0.2, -0.15) is 0 Å². The molecule has 0 saturated heterocycles. The number of nitrogens with two attached hydrogens (primary N) is 1. The molecule has 0 aliphatic carbocycles. The lowest BCUT2D eigenvalue weighted by atomic mass is 10.0. The van der Waals surface area contributed by atoms with Gasteiger partial charge < -0.3 is 5.73 Å². The number of halogens is 1. The van der Waals surface area contributed by atoms with Crippen LogP contribution in [0.15, 0.2) is 29.9 Å². The molecule has 0 aromatic carbocycles. The zero-order valence-electron chi connectivity index (χ0n) is 8.27. The number of hydrogen-bond acceptors (Lipinski definition) is 3. The Labute approximate surface area is 97.7 Å². The summed E-state index contributed by atoms with van der Waals surface area (Å²) < 4.78 is 0. The molecule has 0 fully saturated rings. The molecule has 0 bridgehead atoms. The largest absolute Gasteiger partial charge is 0.320 e. The Balaban J connectivity index is 2.36. The van der Waals surface area contributed by atoms with Crippen LogP contribution >= 0.6 is 22.9 Å². The highest BCUT2D eigenvalue weighted by molar-refractivity contribution is 7.10. The van der Waals surface area contributed by atoms with E-state index in [9.17, 15) is 0 Å². The molecular formula is C11H11ClN2S. The summed E-state index contributed by atoms with van der Waals surface area (Å²) in [5, 5.41) is 2.69. The summed E-state index contributed by atoms with van der Waals surface area (Å²) in [5.41, 5.74) is 8.15. The van der Waals surface area contributed by atoms with Crippen molar-refractivity contribution in [2.24, 2.45) is 5.73 Å². The first-order valence-corrected chi connectivity index (χ1v) is 5.84. The summed E-state index contributed by atoms with van der Waals surface area (Å²) in [4.78, 5) is 5.20. The average Bonchev–Trinajstić information content (AvgIpc) is 2.65. The SMILES string of the molecule is Cc1cc(C(N)c2ccncc2Cl)cs1. The lowest BCUT2D eigenvalue weighted by molar-refractivity contribution is 0.872. The Morgan fingerprint density at radius 3 is 2.93 bits per heavy atom. The predicted octanol–water partition coefficient (Wildman–Crippen LogP) is 3.15. The molecule has 0 aliphatic rings. The van der Waals surface area contributed by atoms with Crippen LogP contribution in [0.2, 0.25) is 5.02 Å². The van der Waals surface area contributed by atoms with Crippen LogP contribution in [0, 0.1) is 6.92 Å². The molecule has 2 heterocycles. The fourth-order valence-corrected chi connectivity index (χ4v) is 2.42. The maximum Gasteiger partial charge on any atom is 0.0640 e. The van der Waals surface area contributed by atoms with Crippen LogP contribution in [0.3, 0.4) is 0 Å². The number of rotatable bonds is 2. The molecule has 2 rings (SSSR count). The Morgan fingerprint density at radius 2 is 2.33 bits per heavy atom. The van der Waals surface area contributed by atoms with Crippen molar-refractivity contribution in [1.82, 2.24) is 4.98 Å². The molecular weight excluding hydrogens is 228 g/mol. The number of thiophene rings is 1. The van der Waals surface area contributed by atoms with Crippen LogP contribution in [-0.2, 0) is 0 Å². The van der Waals surface area contributed by atoms with Crippen LogP contribution in [-0.4, -0.2) is 4.98 Å². The second-order valence-electron chi connectivity index (χ2n) is 3.37. The van der Waals surface area contributed by atoms with Gasteiger partial charge in [0.15, 0.2) is 0 Å². The van der Waals surface area contributed by atoms with Gasteiger partial charge in [-0.3, -0.25) is 4.98 Å². The summed E-state index contributed by atoms with van der Waals surface area (Å²) in [6.07, 6.45) is 3.33. The Bertz CT molecular complexity index is 467. The molecule has 78 valence electrons. The van der Waals surface area contributed by atoms with Gasteiger partial charge in [0.25, 0.3) is 0 Å². The van der Waals surface area contributed by atoms with Crippen molar-refractivity contribution >= 4 is 22.9 Å². The third-order valence-corrected chi connectivity index (χ3v) is 3.44. The summed E-state index contributed by atoms with van der Waals surface area (Å²) in [5.74, 6) is 0. The van der Waals surface area contributed by atoms with Gasteiger partial charge in [-0.25, -0.2) is 0 Å². The van der Waals surface area contributed by atoms with Crippen molar-refractivity contribution in [2.45, 2.75) is 13.0 Å². The predicted molar refractivity (Wildman–Crippen MR) is 64.3 cm³/mol. The number of pyridine rings is 1. The minimum absolute atomic E-state index is 0.162. The van der Waals surface area contributed by atoms with Crippen molar-refractivity contribution in [2.75, 3.05) is 0 Å². The third-order valence-electron chi connectivity index (χ3n) is 2.25. The molecule has 0 aliphatic heterocycles. The van der Waals surface area contributed by atoms with Gasteiger partial charge in [0.2, 0.25) is 0 Å². The molecule has 1 unspecified atom stereocenters. The second-order valence-corrected chi connectivity index (χ2v) is 4.89. The third kappa shape index (κ3) is 2.20. The summed E-state index contributed by atoms with van der Waals surface area (Å²) in [6, 6.07) is 3.79. The smallest absolute Gasteiger partial charge is 0.0640 e. The highest BCUT2D eigenvalue weighted by Gasteiger charge is 2.13. The monoisotopic (exact) mass is 238 g/mol. The van der Waals surface area contributed by atoms with Crippen molar-refractivity contribution in [3.05, 3.63) is 50.9 Å². The molecule has 2 aromatic rings. The summed E-state index contributed by atoms with van der Waals surface area (Å²) in [6.45, 7) is 2.06. The van der Waals surface area contributed by atoms with E-state index in [0.717, 1.165) is 11.1 Å². The molecule has 0 spiro atoms. The molecule has 2 N–H and O–H groups in total. The van der Waals surface area contributed by atoms with Crippen LogP contribution in [0.1, 0.15) is 22.0 Å². The maximum atomic E-state index is 6.12. The van der Waals surface area contributed by atoms with Gasteiger partial charge in [-0.05, 0) is 35.6 Å².